The van der Waals surface area contributed by atoms with Gasteiger partial charge in [-0.3, -0.25) is 4.79 Å². The third-order valence-corrected chi connectivity index (χ3v) is 6.97. The molecule has 0 bridgehead atoms. The first-order valence-corrected chi connectivity index (χ1v) is 11.5. The van der Waals surface area contributed by atoms with E-state index < -0.39 is 42.7 Å². The molecule has 32 heavy (non-hydrogen) atoms. The average Bonchev–Trinajstić information content (AvgIpc) is 2.77. The van der Waals surface area contributed by atoms with Gasteiger partial charge in [-0.2, -0.15) is 0 Å². The van der Waals surface area contributed by atoms with Crippen molar-refractivity contribution < 1.29 is 35.1 Å². The number of rotatable bonds is 10. The van der Waals surface area contributed by atoms with Crippen LogP contribution in [0.2, 0.25) is 0 Å². The maximum absolute atomic E-state index is 12.8. The lowest BCUT2D eigenvalue weighted by Gasteiger charge is -2.39. The minimum absolute atomic E-state index is 0.0586. The van der Waals surface area contributed by atoms with Gasteiger partial charge in [-0.05, 0) is 23.2 Å². The van der Waals surface area contributed by atoms with Crippen molar-refractivity contribution in [1.82, 2.24) is 5.32 Å². The Labute approximate surface area is 192 Å². The summed E-state index contributed by atoms with van der Waals surface area (Å²) < 4.78 is 5.79. The van der Waals surface area contributed by atoms with Crippen LogP contribution in [0.3, 0.4) is 0 Å². The zero-order chi connectivity index (χ0) is 24.9. The van der Waals surface area contributed by atoms with E-state index >= 15 is 0 Å². The second-order valence-electron chi connectivity index (χ2n) is 11.1. The summed E-state index contributed by atoms with van der Waals surface area (Å²) in [5, 5.41) is 53.9. The summed E-state index contributed by atoms with van der Waals surface area (Å²) in [5.74, 6) is -0.305. The summed E-state index contributed by atoms with van der Waals surface area (Å²) in [4.78, 5) is 12.8. The lowest BCUT2D eigenvalue weighted by Crippen LogP contribution is -2.51. The number of hydrogen-bond acceptors (Lipinski definition) is 7. The van der Waals surface area contributed by atoms with E-state index in [1.54, 1.807) is 6.08 Å². The molecule has 188 valence electrons. The van der Waals surface area contributed by atoms with E-state index in [1.807, 2.05) is 27.7 Å². The quantitative estimate of drug-likeness (QED) is 0.269. The number of carbonyl (C=O) groups is 1. The van der Waals surface area contributed by atoms with Gasteiger partial charge in [0.25, 0.3) is 0 Å². The van der Waals surface area contributed by atoms with Crippen LogP contribution < -0.4 is 5.32 Å². The van der Waals surface area contributed by atoms with Crippen LogP contribution in [-0.2, 0) is 9.53 Å². The van der Waals surface area contributed by atoms with Crippen molar-refractivity contribution in [2.24, 2.45) is 16.7 Å². The molecule has 0 heterocycles. The highest BCUT2D eigenvalue weighted by molar-refractivity contribution is 5.77. The first kappa shape index (κ1) is 29.0. The number of amides is 1. The zero-order valence-electron chi connectivity index (χ0n) is 20.7. The number of hydrogen-bond donors (Lipinski definition) is 6. The summed E-state index contributed by atoms with van der Waals surface area (Å²) in [5.41, 5.74) is -0.413. The topological polar surface area (TPSA) is 139 Å². The van der Waals surface area contributed by atoms with E-state index in [0.29, 0.717) is 0 Å². The number of carbonyl (C=O) groups excluding carboxylic acids is 1. The van der Waals surface area contributed by atoms with Gasteiger partial charge in [-0.1, -0.05) is 60.6 Å². The molecule has 7 atom stereocenters. The molecule has 0 radical (unpaired) electrons. The van der Waals surface area contributed by atoms with Crippen LogP contribution in [0.1, 0.15) is 67.7 Å². The molecular weight excluding hydrogens is 414 g/mol. The van der Waals surface area contributed by atoms with Gasteiger partial charge < -0.3 is 35.6 Å². The van der Waals surface area contributed by atoms with Crippen LogP contribution in [-0.4, -0.2) is 80.7 Å². The SMILES string of the molecule is CC(C)C(O)CC(O)C(COC1CC=CC(O)C(O)C1O)NC(=O)CC(C)(C)C(C)(C)C. The normalized spacial score (nSPS) is 27.7. The molecule has 0 aliphatic heterocycles. The van der Waals surface area contributed by atoms with Gasteiger partial charge in [0.1, 0.15) is 18.3 Å². The van der Waals surface area contributed by atoms with Gasteiger partial charge in [0, 0.05) is 12.8 Å². The number of aliphatic hydroxyl groups excluding tert-OH is 5. The molecule has 1 rings (SSSR count). The van der Waals surface area contributed by atoms with Gasteiger partial charge in [0.05, 0.1) is 31.0 Å². The molecule has 8 heteroatoms. The fraction of sp³-hybridized carbons (Fsp3) is 0.875. The fourth-order valence-electron chi connectivity index (χ4n) is 3.28. The molecule has 7 unspecified atom stereocenters. The van der Waals surface area contributed by atoms with Gasteiger partial charge in [0.15, 0.2) is 0 Å². The van der Waals surface area contributed by atoms with Crippen molar-refractivity contribution in [2.75, 3.05) is 6.61 Å². The van der Waals surface area contributed by atoms with E-state index in [-0.39, 0.29) is 48.5 Å². The molecule has 1 amide bonds. The van der Waals surface area contributed by atoms with Crippen molar-refractivity contribution in [1.29, 1.82) is 0 Å². The third-order valence-electron chi connectivity index (χ3n) is 6.97. The fourth-order valence-corrected chi connectivity index (χ4v) is 3.28. The molecule has 0 spiro atoms. The van der Waals surface area contributed by atoms with Gasteiger partial charge in [-0.15, -0.1) is 0 Å². The molecule has 8 nitrogen and oxygen atoms in total. The Bertz CT molecular complexity index is 614. The maximum atomic E-state index is 12.8. The highest BCUT2D eigenvalue weighted by atomic mass is 16.5. The lowest BCUT2D eigenvalue weighted by molar-refractivity contribution is -0.131. The molecule has 0 aromatic rings. The van der Waals surface area contributed by atoms with E-state index in [2.05, 4.69) is 26.1 Å². The van der Waals surface area contributed by atoms with Crippen molar-refractivity contribution in [3.05, 3.63) is 12.2 Å². The van der Waals surface area contributed by atoms with E-state index in [9.17, 15) is 30.3 Å². The van der Waals surface area contributed by atoms with E-state index in [4.69, 9.17) is 4.74 Å². The van der Waals surface area contributed by atoms with Crippen LogP contribution in [0.25, 0.3) is 0 Å². The maximum Gasteiger partial charge on any atom is 0.220 e. The largest absolute Gasteiger partial charge is 0.393 e. The highest BCUT2D eigenvalue weighted by Crippen LogP contribution is 2.40. The summed E-state index contributed by atoms with van der Waals surface area (Å²) in [7, 11) is 0. The Balaban J connectivity index is 2.91. The summed E-state index contributed by atoms with van der Waals surface area (Å²) in [6, 6.07) is -0.812. The summed E-state index contributed by atoms with van der Waals surface area (Å²) in [6.07, 6.45) is -2.96. The van der Waals surface area contributed by atoms with Crippen LogP contribution in [0.4, 0.5) is 0 Å². The predicted molar refractivity (Wildman–Crippen MR) is 123 cm³/mol. The molecule has 1 aliphatic rings. The molecule has 6 N–H and O–H groups in total. The van der Waals surface area contributed by atoms with Crippen LogP contribution in [0.15, 0.2) is 12.2 Å². The van der Waals surface area contributed by atoms with Crippen molar-refractivity contribution in [3.8, 4) is 0 Å². The molecule has 1 aliphatic carbocycles. The second kappa shape index (κ2) is 11.9. The average molecular weight is 460 g/mol. The molecule has 0 saturated carbocycles. The summed E-state index contributed by atoms with van der Waals surface area (Å²) >= 11 is 0. The smallest absolute Gasteiger partial charge is 0.220 e. The Kier molecular flexibility index (Phi) is 10.8. The Morgan fingerprint density at radius 1 is 1.06 bits per heavy atom. The Hall–Kier alpha value is -1.03. The minimum Gasteiger partial charge on any atom is -0.393 e. The van der Waals surface area contributed by atoms with Crippen molar-refractivity contribution in [2.45, 2.75) is 110 Å². The van der Waals surface area contributed by atoms with Gasteiger partial charge in [-0.25, -0.2) is 0 Å². The monoisotopic (exact) mass is 459 g/mol. The number of nitrogens with one attached hydrogen (secondary N) is 1. The number of ether oxygens (including phenoxy) is 1. The molecule has 0 aromatic heterocycles. The first-order chi connectivity index (χ1) is 14.6. The highest BCUT2D eigenvalue weighted by Gasteiger charge is 2.37. The van der Waals surface area contributed by atoms with E-state index in [1.165, 1.54) is 6.08 Å². The van der Waals surface area contributed by atoms with Crippen LogP contribution in [0, 0.1) is 16.7 Å². The second-order valence-corrected chi connectivity index (χ2v) is 11.1. The zero-order valence-corrected chi connectivity index (χ0v) is 20.7. The third kappa shape index (κ3) is 8.39. The van der Waals surface area contributed by atoms with E-state index in [0.717, 1.165) is 0 Å². The molecular formula is C24H45NO7. The number of aliphatic hydroxyl groups is 5. The first-order valence-electron chi connectivity index (χ1n) is 11.5. The molecule has 0 fully saturated rings. The molecule has 0 saturated heterocycles. The predicted octanol–water partition coefficient (Wildman–Crippen LogP) is 1.13. The van der Waals surface area contributed by atoms with Crippen LogP contribution in [0.5, 0.6) is 0 Å². The van der Waals surface area contributed by atoms with Gasteiger partial charge >= 0.3 is 0 Å². The van der Waals surface area contributed by atoms with Crippen molar-refractivity contribution in [3.63, 3.8) is 0 Å². The summed E-state index contributed by atoms with van der Waals surface area (Å²) in [6.45, 7) is 13.8. The van der Waals surface area contributed by atoms with Crippen molar-refractivity contribution >= 4 is 5.91 Å². The van der Waals surface area contributed by atoms with Gasteiger partial charge in [0.2, 0.25) is 5.91 Å². The lowest BCUT2D eigenvalue weighted by atomic mass is 9.67. The van der Waals surface area contributed by atoms with Crippen LogP contribution >= 0.6 is 0 Å². The Morgan fingerprint density at radius 2 is 1.66 bits per heavy atom. The minimum atomic E-state index is -1.40. The Morgan fingerprint density at radius 3 is 2.19 bits per heavy atom. The standard InChI is InChI=1S/C24H45NO7/c1-14(2)17(27)11-18(28)15(25-20(29)12-24(6,7)23(3,4)5)13-32-19-10-8-9-16(26)21(30)22(19)31/h8-9,14-19,21-22,26-28,30-31H,10-13H2,1-7H3,(H,25,29). The molecule has 0 aromatic carbocycles.